The maximum absolute atomic E-state index is 13.6. The molecule has 4 heterocycles. The summed E-state index contributed by atoms with van der Waals surface area (Å²) in [6, 6.07) is 7.40. The number of amides is 1. The molecule has 152 valence electrons. The molecule has 0 aromatic carbocycles. The second-order valence-electron chi connectivity index (χ2n) is 6.64. The van der Waals surface area contributed by atoms with Gasteiger partial charge in [0, 0.05) is 12.1 Å². The van der Waals surface area contributed by atoms with E-state index in [0.29, 0.717) is 37.8 Å². The Kier molecular flexibility index (Phi) is 5.10. The SMILES string of the molecule is O=C(NC(c1cccc[nH+]1)C(F)(F)F)c1[nH]c(N2CCOCC2)[n+]2ccccc12. The first-order chi connectivity index (χ1) is 13.9. The summed E-state index contributed by atoms with van der Waals surface area (Å²) in [5.74, 6) is -0.211. The van der Waals surface area contributed by atoms with Gasteiger partial charge in [-0.15, -0.1) is 0 Å². The molecule has 0 spiro atoms. The van der Waals surface area contributed by atoms with Crippen LogP contribution in [0, 0.1) is 0 Å². The quantitative estimate of drug-likeness (QED) is 0.643. The standard InChI is InChI=1S/C19H18F3N5O2/c20-19(21,22)16(13-5-1-3-7-23-13)25-17(28)15-14-6-2-4-8-27(14)18(24-15)26-9-11-29-12-10-26/h1-8,16H,9-12H2,(H,25,28)/p+2. The van der Waals surface area contributed by atoms with Gasteiger partial charge in [-0.05, 0) is 12.1 Å². The number of hydrogen-bond acceptors (Lipinski definition) is 3. The van der Waals surface area contributed by atoms with Gasteiger partial charge in [0.15, 0.2) is 11.7 Å². The summed E-state index contributed by atoms with van der Waals surface area (Å²) >= 11 is 0. The molecule has 1 amide bonds. The molecule has 0 radical (unpaired) electrons. The van der Waals surface area contributed by atoms with Crippen molar-refractivity contribution in [2.75, 3.05) is 31.2 Å². The van der Waals surface area contributed by atoms with E-state index in [0.717, 1.165) is 0 Å². The number of aromatic nitrogens is 3. The number of hydrogen-bond donors (Lipinski definition) is 2. The Balaban J connectivity index is 1.69. The number of H-pyrrole nitrogens is 2. The summed E-state index contributed by atoms with van der Waals surface area (Å²) in [6.07, 6.45) is -1.51. The molecule has 10 heteroatoms. The van der Waals surface area contributed by atoms with Crippen molar-refractivity contribution >= 4 is 17.4 Å². The third-order valence-electron chi connectivity index (χ3n) is 4.77. The van der Waals surface area contributed by atoms with Crippen molar-refractivity contribution in [2.45, 2.75) is 12.2 Å². The van der Waals surface area contributed by atoms with Gasteiger partial charge in [-0.25, -0.2) is 14.4 Å². The van der Waals surface area contributed by atoms with Gasteiger partial charge in [0.05, 0.1) is 32.5 Å². The second-order valence-corrected chi connectivity index (χ2v) is 6.64. The molecule has 0 saturated carbocycles. The maximum atomic E-state index is 13.6. The zero-order valence-electron chi connectivity index (χ0n) is 15.4. The van der Waals surface area contributed by atoms with Gasteiger partial charge in [-0.3, -0.25) is 9.69 Å². The molecule has 0 bridgehead atoms. The van der Waals surface area contributed by atoms with E-state index in [2.05, 4.69) is 15.3 Å². The molecule has 1 saturated heterocycles. The van der Waals surface area contributed by atoms with Crippen molar-refractivity contribution in [1.82, 2.24) is 10.3 Å². The Labute approximate surface area is 164 Å². The first-order valence-corrected chi connectivity index (χ1v) is 9.14. The molecule has 1 aliphatic heterocycles. The van der Waals surface area contributed by atoms with Crippen molar-refractivity contribution in [3.05, 3.63) is 60.2 Å². The lowest BCUT2D eigenvalue weighted by atomic mass is 10.1. The van der Waals surface area contributed by atoms with Crippen LogP contribution in [0.4, 0.5) is 19.1 Å². The molecule has 3 aromatic rings. The van der Waals surface area contributed by atoms with Gasteiger partial charge in [0.25, 0.3) is 5.91 Å². The molecule has 1 unspecified atom stereocenters. The monoisotopic (exact) mass is 407 g/mol. The predicted molar refractivity (Wildman–Crippen MR) is 96.2 cm³/mol. The summed E-state index contributed by atoms with van der Waals surface area (Å²) in [4.78, 5) is 20.4. The van der Waals surface area contributed by atoms with Crippen LogP contribution in [0.25, 0.3) is 5.52 Å². The van der Waals surface area contributed by atoms with Gasteiger partial charge in [0.2, 0.25) is 17.4 Å². The number of carbonyl (C=O) groups excluding carboxylic acids is 1. The number of pyridine rings is 2. The highest BCUT2D eigenvalue weighted by atomic mass is 19.4. The van der Waals surface area contributed by atoms with Gasteiger partial charge < -0.3 is 10.1 Å². The van der Waals surface area contributed by atoms with E-state index in [1.165, 1.54) is 18.3 Å². The van der Waals surface area contributed by atoms with E-state index in [-0.39, 0.29) is 11.4 Å². The van der Waals surface area contributed by atoms with Gasteiger partial charge >= 0.3 is 12.1 Å². The predicted octanol–water partition coefficient (Wildman–Crippen LogP) is 1.44. The Hall–Kier alpha value is -3.14. The van der Waals surface area contributed by atoms with E-state index in [4.69, 9.17) is 4.74 Å². The summed E-state index contributed by atoms with van der Waals surface area (Å²) in [6.45, 7) is 2.30. The zero-order chi connectivity index (χ0) is 20.4. The number of ether oxygens (including phenoxy) is 1. The Bertz CT molecular complexity index is 1000. The van der Waals surface area contributed by atoms with Crippen LogP contribution < -0.4 is 19.6 Å². The minimum Gasteiger partial charge on any atom is -0.375 e. The van der Waals surface area contributed by atoms with E-state index in [1.807, 2.05) is 4.90 Å². The summed E-state index contributed by atoms with van der Waals surface area (Å²) < 4.78 is 48.0. The number of carbonyl (C=O) groups is 1. The normalized spacial score (nSPS) is 16.0. The highest BCUT2D eigenvalue weighted by Crippen LogP contribution is 2.31. The summed E-state index contributed by atoms with van der Waals surface area (Å²) in [5, 5.41) is 2.11. The number of rotatable bonds is 4. The second kappa shape index (κ2) is 7.70. The van der Waals surface area contributed by atoms with Crippen molar-refractivity contribution < 1.29 is 32.1 Å². The number of fused-ring (bicyclic) bond motifs is 1. The number of imidazole rings is 1. The van der Waals surface area contributed by atoms with E-state index in [9.17, 15) is 18.0 Å². The molecule has 7 nitrogen and oxygen atoms in total. The lowest BCUT2D eigenvalue weighted by Crippen LogP contribution is -2.41. The molecule has 3 N–H and O–H groups in total. The van der Waals surface area contributed by atoms with Crippen LogP contribution in [0.1, 0.15) is 22.2 Å². The average molecular weight is 407 g/mol. The average Bonchev–Trinajstić information content (AvgIpc) is 3.12. The number of alkyl halides is 3. The summed E-state index contributed by atoms with van der Waals surface area (Å²) in [7, 11) is 0. The van der Waals surface area contributed by atoms with Crippen LogP contribution in [0.15, 0.2) is 48.8 Å². The molecule has 4 rings (SSSR count). The fraction of sp³-hybridized carbons (Fsp3) is 0.316. The molecule has 29 heavy (non-hydrogen) atoms. The third kappa shape index (κ3) is 3.88. The molecule has 1 fully saturated rings. The molecular weight excluding hydrogens is 387 g/mol. The Morgan fingerprint density at radius 1 is 1.21 bits per heavy atom. The summed E-state index contributed by atoms with van der Waals surface area (Å²) in [5.41, 5.74) is 0.409. The van der Waals surface area contributed by atoms with Crippen molar-refractivity contribution in [2.24, 2.45) is 0 Å². The number of aromatic amines is 2. The lowest BCUT2D eigenvalue weighted by molar-refractivity contribution is -0.497. The lowest BCUT2D eigenvalue weighted by Gasteiger charge is -2.21. The fourth-order valence-corrected chi connectivity index (χ4v) is 3.37. The van der Waals surface area contributed by atoms with Crippen LogP contribution in [-0.4, -0.2) is 43.4 Å². The van der Waals surface area contributed by atoms with Crippen LogP contribution in [-0.2, 0) is 4.74 Å². The number of nitrogens with one attached hydrogen (secondary N) is 3. The van der Waals surface area contributed by atoms with Crippen molar-refractivity contribution in [3.8, 4) is 0 Å². The molecule has 1 atom stereocenters. The van der Waals surface area contributed by atoms with Crippen LogP contribution in [0.2, 0.25) is 0 Å². The van der Waals surface area contributed by atoms with E-state index >= 15 is 0 Å². The number of halogens is 3. The van der Waals surface area contributed by atoms with Crippen LogP contribution in [0.5, 0.6) is 0 Å². The van der Waals surface area contributed by atoms with Crippen molar-refractivity contribution in [1.29, 1.82) is 0 Å². The third-order valence-corrected chi connectivity index (χ3v) is 4.77. The minimum atomic E-state index is -4.66. The number of morpholine rings is 1. The van der Waals surface area contributed by atoms with Crippen LogP contribution >= 0.6 is 0 Å². The smallest absolute Gasteiger partial charge is 0.375 e. The Morgan fingerprint density at radius 2 is 1.97 bits per heavy atom. The Morgan fingerprint density at radius 3 is 2.66 bits per heavy atom. The molecule has 1 aliphatic rings. The molecular formula is C19H20F3N5O2+2. The number of nitrogens with zero attached hydrogens (tertiary/aromatic N) is 2. The fourth-order valence-electron chi connectivity index (χ4n) is 3.37. The zero-order valence-corrected chi connectivity index (χ0v) is 15.4. The van der Waals surface area contributed by atoms with E-state index < -0.39 is 18.1 Å². The van der Waals surface area contributed by atoms with Gasteiger partial charge in [-0.2, -0.15) is 13.2 Å². The first-order valence-electron chi connectivity index (χ1n) is 9.14. The molecule has 0 aliphatic carbocycles. The molecule has 3 aromatic heterocycles. The topological polar surface area (TPSA) is 75.6 Å². The highest BCUT2D eigenvalue weighted by Gasteiger charge is 2.46. The first kappa shape index (κ1) is 19.2. The maximum Gasteiger partial charge on any atom is 0.418 e. The highest BCUT2D eigenvalue weighted by molar-refractivity contribution is 5.98. The minimum absolute atomic E-state index is 0.0669. The number of anilines is 1. The van der Waals surface area contributed by atoms with Gasteiger partial charge in [0.1, 0.15) is 0 Å². The largest absolute Gasteiger partial charge is 0.418 e. The van der Waals surface area contributed by atoms with E-state index in [1.54, 1.807) is 34.9 Å². The van der Waals surface area contributed by atoms with Crippen LogP contribution in [0.3, 0.4) is 0 Å². The van der Waals surface area contributed by atoms with Gasteiger partial charge in [-0.1, -0.05) is 12.1 Å². The van der Waals surface area contributed by atoms with Crippen molar-refractivity contribution in [3.63, 3.8) is 0 Å².